The van der Waals surface area contributed by atoms with Crippen LogP contribution in [0.1, 0.15) is 58.3 Å². The number of imide groups is 1. The summed E-state index contributed by atoms with van der Waals surface area (Å²) in [5.74, 6) is -4.47. The maximum atomic E-state index is 13.8. The molecule has 41 heavy (non-hydrogen) atoms. The molecule has 3 aromatic carbocycles. The molecule has 3 aromatic rings. The fourth-order valence-electron chi connectivity index (χ4n) is 6.55. The maximum Gasteiger partial charge on any atom is 0.338 e. The van der Waals surface area contributed by atoms with E-state index in [0.717, 1.165) is 27.2 Å². The predicted octanol–water partition coefficient (Wildman–Crippen LogP) is 3.63. The van der Waals surface area contributed by atoms with E-state index in [1.54, 1.807) is 6.92 Å². The summed E-state index contributed by atoms with van der Waals surface area (Å²) >= 11 is 0. The zero-order chi connectivity index (χ0) is 28.8. The van der Waals surface area contributed by atoms with Gasteiger partial charge in [0, 0.05) is 17.5 Å². The summed E-state index contributed by atoms with van der Waals surface area (Å²) in [7, 11) is 0. The third-order valence-corrected chi connectivity index (χ3v) is 8.24. The smallest absolute Gasteiger partial charge is 0.338 e. The topological polar surface area (TPSA) is 119 Å². The Balaban J connectivity index is 1.14. The number of likely N-dealkylation sites (tertiary alicyclic amines) is 1. The van der Waals surface area contributed by atoms with Crippen LogP contribution in [-0.4, -0.2) is 53.8 Å². The molecule has 9 heteroatoms. The highest BCUT2D eigenvalue weighted by molar-refractivity contribution is 6.10. The molecule has 0 saturated carbocycles. The monoisotopic (exact) mass is 552 g/mol. The second-order valence-electron chi connectivity index (χ2n) is 10.4. The quantitative estimate of drug-likeness (QED) is 0.351. The fraction of sp³-hybridized carbons (Fsp3) is 0.281. The number of carbonyl (C=O) groups excluding carboxylic acids is 5. The van der Waals surface area contributed by atoms with Crippen molar-refractivity contribution in [3.8, 4) is 0 Å². The molecule has 1 N–H and O–H groups in total. The summed E-state index contributed by atoms with van der Waals surface area (Å²) in [6.45, 7) is 2.80. The minimum Gasteiger partial charge on any atom is -0.462 e. The molecule has 1 fully saturated rings. The lowest BCUT2D eigenvalue weighted by Gasteiger charge is -2.45. The van der Waals surface area contributed by atoms with Crippen LogP contribution < -0.4 is 5.32 Å². The molecule has 3 atom stereocenters. The molecule has 0 unspecified atom stereocenters. The van der Waals surface area contributed by atoms with Crippen LogP contribution in [0.15, 0.2) is 72.8 Å². The van der Waals surface area contributed by atoms with Gasteiger partial charge in [-0.1, -0.05) is 48.5 Å². The molecule has 1 heterocycles. The second kappa shape index (κ2) is 10.3. The summed E-state index contributed by atoms with van der Waals surface area (Å²) in [6.07, 6.45) is 0. The van der Waals surface area contributed by atoms with Gasteiger partial charge in [0.2, 0.25) is 11.8 Å². The zero-order valence-electron chi connectivity index (χ0n) is 22.5. The summed E-state index contributed by atoms with van der Waals surface area (Å²) in [6, 6.07) is 20.7. The molecule has 1 saturated heterocycles. The Labute approximate surface area is 236 Å². The first-order valence-corrected chi connectivity index (χ1v) is 13.6. The average Bonchev–Trinajstić information content (AvgIpc) is 3.26. The van der Waals surface area contributed by atoms with Gasteiger partial charge in [-0.2, -0.15) is 0 Å². The highest BCUT2D eigenvalue weighted by Crippen LogP contribution is 2.61. The van der Waals surface area contributed by atoms with Crippen LogP contribution in [0.4, 0.5) is 5.69 Å². The third-order valence-electron chi connectivity index (χ3n) is 8.24. The van der Waals surface area contributed by atoms with Gasteiger partial charge < -0.3 is 14.8 Å². The Morgan fingerprint density at radius 3 is 1.73 bits per heavy atom. The molecule has 3 amide bonds. The first-order chi connectivity index (χ1) is 19.8. The minimum atomic E-state index is -1.19. The van der Waals surface area contributed by atoms with E-state index in [1.807, 2.05) is 48.5 Å². The number of ether oxygens (including phenoxy) is 2. The molecule has 2 bridgehead atoms. The molecule has 0 aromatic heterocycles. The van der Waals surface area contributed by atoms with E-state index in [4.69, 9.17) is 9.47 Å². The first-order valence-electron chi connectivity index (χ1n) is 13.6. The van der Waals surface area contributed by atoms with Crippen LogP contribution in [-0.2, 0) is 28.7 Å². The minimum absolute atomic E-state index is 0.250. The van der Waals surface area contributed by atoms with Crippen molar-refractivity contribution >= 4 is 35.3 Å². The van der Waals surface area contributed by atoms with E-state index < -0.39 is 54.1 Å². The number of nitrogens with one attached hydrogen (secondary N) is 1. The molecule has 4 aliphatic rings. The number of hydrogen-bond donors (Lipinski definition) is 1. The van der Waals surface area contributed by atoms with Crippen molar-refractivity contribution < 1.29 is 33.4 Å². The van der Waals surface area contributed by atoms with Gasteiger partial charge in [0.25, 0.3) is 5.91 Å². The highest BCUT2D eigenvalue weighted by atomic mass is 16.5. The van der Waals surface area contributed by atoms with Gasteiger partial charge in [-0.3, -0.25) is 19.3 Å². The number of anilines is 1. The van der Waals surface area contributed by atoms with Gasteiger partial charge in [0.05, 0.1) is 24.0 Å². The molecule has 3 aliphatic carbocycles. The summed E-state index contributed by atoms with van der Waals surface area (Å²) < 4.78 is 10.2. The number of amides is 3. The lowest BCUT2D eigenvalue weighted by atomic mass is 9.55. The number of carbonyl (C=O) groups is 5. The molecule has 1 aliphatic heterocycles. The number of hydrogen-bond acceptors (Lipinski definition) is 7. The third kappa shape index (κ3) is 4.28. The normalized spacial score (nSPS) is 22.3. The van der Waals surface area contributed by atoms with Crippen molar-refractivity contribution in [3.05, 3.63) is 101 Å². The Morgan fingerprint density at radius 2 is 1.27 bits per heavy atom. The number of benzene rings is 3. The highest BCUT2D eigenvalue weighted by Gasteiger charge is 2.62. The fourth-order valence-corrected chi connectivity index (χ4v) is 6.55. The largest absolute Gasteiger partial charge is 0.462 e. The van der Waals surface area contributed by atoms with Gasteiger partial charge >= 0.3 is 11.9 Å². The van der Waals surface area contributed by atoms with Crippen molar-refractivity contribution in [2.24, 2.45) is 11.8 Å². The Hall–Kier alpha value is -4.79. The van der Waals surface area contributed by atoms with Crippen molar-refractivity contribution in [3.63, 3.8) is 0 Å². The first kappa shape index (κ1) is 26.4. The van der Waals surface area contributed by atoms with Crippen LogP contribution >= 0.6 is 0 Å². The van der Waals surface area contributed by atoms with E-state index in [2.05, 4.69) is 5.32 Å². The van der Waals surface area contributed by atoms with E-state index >= 15 is 0 Å². The Bertz CT molecular complexity index is 1470. The average molecular weight is 553 g/mol. The van der Waals surface area contributed by atoms with Crippen molar-refractivity contribution in [1.82, 2.24) is 4.90 Å². The molecule has 0 spiro atoms. The van der Waals surface area contributed by atoms with Crippen molar-refractivity contribution in [2.75, 3.05) is 18.5 Å². The van der Waals surface area contributed by atoms with Crippen LogP contribution in [0.25, 0.3) is 0 Å². The zero-order valence-corrected chi connectivity index (χ0v) is 22.5. The second-order valence-corrected chi connectivity index (χ2v) is 10.4. The number of esters is 2. The van der Waals surface area contributed by atoms with Crippen LogP contribution in [0, 0.1) is 11.8 Å². The molecule has 0 radical (unpaired) electrons. The lowest BCUT2D eigenvalue weighted by Crippen LogP contribution is -2.45. The van der Waals surface area contributed by atoms with Gasteiger partial charge in [-0.25, -0.2) is 9.59 Å². The molecule has 9 nitrogen and oxygen atoms in total. The number of rotatable bonds is 7. The van der Waals surface area contributed by atoms with Crippen LogP contribution in [0.5, 0.6) is 0 Å². The van der Waals surface area contributed by atoms with Crippen LogP contribution in [0.2, 0.25) is 0 Å². The SMILES string of the molecule is CCOC(=O)c1ccc(NC(=O)COC(=O)[C@H](C)N2C(=O)[C@@H]3C4c5ccccc5C(c5ccccc54)[C@H]3C2=O)cc1. The Morgan fingerprint density at radius 1 is 0.780 bits per heavy atom. The number of nitrogens with zero attached hydrogens (tertiary/aromatic N) is 1. The van der Waals surface area contributed by atoms with Crippen molar-refractivity contribution in [2.45, 2.75) is 31.7 Å². The van der Waals surface area contributed by atoms with Gasteiger partial charge in [0.15, 0.2) is 6.61 Å². The van der Waals surface area contributed by atoms with E-state index in [-0.39, 0.29) is 18.4 Å². The van der Waals surface area contributed by atoms with Crippen LogP contribution in [0.3, 0.4) is 0 Å². The molecular weight excluding hydrogens is 524 g/mol. The molecule has 7 rings (SSSR count). The lowest BCUT2D eigenvalue weighted by molar-refractivity contribution is -0.159. The van der Waals surface area contributed by atoms with E-state index in [0.29, 0.717) is 11.3 Å². The van der Waals surface area contributed by atoms with Gasteiger partial charge in [0.1, 0.15) is 6.04 Å². The van der Waals surface area contributed by atoms with E-state index in [1.165, 1.54) is 31.2 Å². The molecule has 208 valence electrons. The van der Waals surface area contributed by atoms with Gasteiger partial charge in [-0.15, -0.1) is 0 Å². The van der Waals surface area contributed by atoms with Gasteiger partial charge in [-0.05, 0) is 60.4 Å². The molecular formula is C32H28N2O7. The summed E-state index contributed by atoms with van der Waals surface area (Å²) in [4.78, 5) is 65.8. The predicted molar refractivity (Wildman–Crippen MR) is 147 cm³/mol. The Kier molecular flexibility index (Phi) is 6.65. The van der Waals surface area contributed by atoms with Crippen molar-refractivity contribution in [1.29, 1.82) is 0 Å². The summed E-state index contributed by atoms with van der Waals surface area (Å²) in [5.41, 5.74) is 4.91. The maximum absolute atomic E-state index is 13.8. The van der Waals surface area contributed by atoms with E-state index in [9.17, 15) is 24.0 Å². The standard InChI is InChI=1S/C32H28N2O7/c1-3-40-32(39)18-12-14-19(15-13-18)33-24(35)16-41-31(38)17(2)34-29(36)27-25-20-8-4-5-9-21(20)26(28(27)30(34)37)23-11-7-6-10-22(23)25/h4-15,17,25-28H,3,16H2,1-2H3,(H,33,35)/t17-,25?,26?,27+,28+/m0/s1. The summed E-state index contributed by atoms with van der Waals surface area (Å²) in [5, 5.41) is 2.59.